The van der Waals surface area contributed by atoms with Crippen LogP contribution >= 0.6 is 0 Å². The molecule has 2 rings (SSSR count). The average Bonchev–Trinajstić information content (AvgIpc) is 2.53. The van der Waals surface area contributed by atoms with Crippen molar-refractivity contribution in [3.63, 3.8) is 0 Å². The van der Waals surface area contributed by atoms with Crippen molar-refractivity contribution < 1.29 is 14.6 Å². The highest BCUT2D eigenvalue weighted by Crippen LogP contribution is 2.39. The predicted molar refractivity (Wildman–Crippen MR) is 81.5 cm³/mol. The first-order valence-electron chi connectivity index (χ1n) is 7.26. The van der Waals surface area contributed by atoms with E-state index in [4.69, 9.17) is 10.3 Å². The lowest BCUT2D eigenvalue weighted by atomic mass is 9.77. The maximum Gasteiger partial charge on any atom is 0.225 e. The van der Waals surface area contributed by atoms with Crippen LogP contribution in [0.4, 0.5) is 0 Å². The van der Waals surface area contributed by atoms with E-state index in [-0.39, 0.29) is 12.5 Å². The van der Waals surface area contributed by atoms with Crippen LogP contribution in [0.1, 0.15) is 30.4 Å². The van der Waals surface area contributed by atoms with Crippen LogP contribution in [0.5, 0.6) is 5.75 Å². The first-order chi connectivity index (χ1) is 10.6. The third kappa shape index (κ3) is 3.69. The number of rotatable bonds is 6. The maximum absolute atomic E-state index is 11.4. The molecule has 0 aromatic heterocycles. The summed E-state index contributed by atoms with van der Waals surface area (Å²) in [5.41, 5.74) is 9.20. The largest absolute Gasteiger partial charge is 0.497 e. The molecule has 0 heterocycles. The first-order valence-corrected chi connectivity index (χ1v) is 7.26. The number of hydrogen-bond acceptors (Lipinski definition) is 4. The van der Waals surface area contributed by atoms with Gasteiger partial charge in [0.15, 0.2) is 0 Å². The summed E-state index contributed by atoms with van der Waals surface area (Å²) in [6.45, 7) is 0.103. The van der Waals surface area contributed by atoms with Gasteiger partial charge >= 0.3 is 0 Å². The molecule has 118 valence electrons. The van der Waals surface area contributed by atoms with Gasteiger partial charge in [-0.05, 0) is 54.5 Å². The van der Waals surface area contributed by atoms with Gasteiger partial charge in [0.05, 0.1) is 12.7 Å². The number of aliphatic hydroxyl groups is 1. The highest BCUT2D eigenvalue weighted by Gasteiger charge is 2.34. The van der Waals surface area contributed by atoms with Crippen molar-refractivity contribution in [3.8, 4) is 5.75 Å². The molecule has 1 aromatic carbocycles. The highest BCUT2D eigenvalue weighted by molar-refractivity contribution is 5.78. The Morgan fingerprint density at radius 2 is 2.41 bits per heavy atom. The van der Waals surface area contributed by atoms with Crippen molar-refractivity contribution in [2.45, 2.75) is 31.3 Å². The Kier molecular flexibility index (Phi) is 5.25. The number of carbonyl (C=O) groups excluding carboxylic acids is 1. The fourth-order valence-electron chi connectivity index (χ4n) is 2.86. The molecular weight excluding hydrogens is 284 g/mol. The first kappa shape index (κ1) is 16.1. The molecule has 0 fully saturated rings. The summed E-state index contributed by atoms with van der Waals surface area (Å²) in [6.07, 6.45) is 2.90. The molecule has 0 saturated heterocycles. The molecule has 0 bridgehead atoms. The van der Waals surface area contributed by atoms with E-state index < -0.39 is 5.60 Å². The van der Waals surface area contributed by atoms with E-state index in [0.29, 0.717) is 25.1 Å². The summed E-state index contributed by atoms with van der Waals surface area (Å²) in [7, 11) is 1.60. The zero-order valence-electron chi connectivity index (χ0n) is 12.6. The summed E-state index contributed by atoms with van der Waals surface area (Å²) in [6, 6.07) is 5.75. The van der Waals surface area contributed by atoms with Crippen molar-refractivity contribution in [3.05, 3.63) is 39.8 Å². The minimum Gasteiger partial charge on any atom is -0.497 e. The van der Waals surface area contributed by atoms with Crippen LogP contribution in [0.2, 0.25) is 0 Å². The van der Waals surface area contributed by atoms with Crippen LogP contribution in [0.3, 0.4) is 0 Å². The van der Waals surface area contributed by atoms with E-state index in [9.17, 15) is 9.90 Å². The Hall–Kier alpha value is -2.24. The molecule has 7 nitrogen and oxygen atoms in total. The van der Waals surface area contributed by atoms with E-state index in [1.807, 2.05) is 18.2 Å². The maximum atomic E-state index is 11.4. The van der Waals surface area contributed by atoms with Gasteiger partial charge in [0.2, 0.25) is 5.91 Å². The van der Waals surface area contributed by atoms with Crippen LogP contribution < -0.4 is 10.1 Å². The fraction of sp³-hybridized carbons (Fsp3) is 0.533. The number of hydrogen-bond donors (Lipinski definition) is 2. The van der Waals surface area contributed by atoms with Crippen LogP contribution in [-0.4, -0.2) is 31.2 Å². The third-order valence-electron chi connectivity index (χ3n) is 3.99. The molecule has 1 aromatic rings. The molecule has 1 amide bonds. The Bertz CT molecular complexity index is 598. The molecular formula is C15H20N4O3. The Labute approximate surface area is 128 Å². The van der Waals surface area contributed by atoms with Gasteiger partial charge < -0.3 is 15.2 Å². The van der Waals surface area contributed by atoms with E-state index in [0.717, 1.165) is 24.0 Å². The second kappa shape index (κ2) is 7.15. The molecule has 1 unspecified atom stereocenters. The molecule has 1 atom stereocenters. The van der Waals surface area contributed by atoms with Gasteiger partial charge in [-0.2, -0.15) is 0 Å². The predicted octanol–water partition coefficient (Wildman–Crippen LogP) is 2.04. The molecule has 0 radical (unpaired) electrons. The van der Waals surface area contributed by atoms with E-state index in [2.05, 4.69) is 15.3 Å². The van der Waals surface area contributed by atoms with Crippen molar-refractivity contribution in [2.24, 2.45) is 5.11 Å². The number of amides is 1. The Morgan fingerprint density at radius 1 is 1.59 bits per heavy atom. The molecule has 1 aliphatic carbocycles. The van der Waals surface area contributed by atoms with Crippen molar-refractivity contribution >= 4 is 5.91 Å². The summed E-state index contributed by atoms with van der Waals surface area (Å²) >= 11 is 0. The quantitative estimate of drug-likeness (QED) is 0.477. The van der Waals surface area contributed by atoms with Crippen molar-refractivity contribution in [2.75, 3.05) is 20.2 Å². The Balaban J connectivity index is 2.05. The summed E-state index contributed by atoms with van der Waals surface area (Å²) in [5.74, 6) is 0.370. The minimum atomic E-state index is -0.964. The number of fused-ring (bicyclic) bond motifs is 1. The number of ether oxygens (including phenoxy) is 1. The SMILES string of the molecule is COc1ccc2c(c1)C(O)(CCNC(=O)CN=[N+]=[N-])CCC2. The van der Waals surface area contributed by atoms with E-state index >= 15 is 0 Å². The second-order valence-electron chi connectivity index (χ2n) is 5.40. The van der Waals surface area contributed by atoms with Crippen LogP contribution in [-0.2, 0) is 16.8 Å². The highest BCUT2D eigenvalue weighted by atomic mass is 16.5. The monoisotopic (exact) mass is 304 g/mol. The van der Waals surface area contributed by atoms with Gasteiger partial charge in [-0.25, -0.2) is 0 Å². The number of nitrogens with zero attached hydrogens (tertiary/aromatic N) is 3. The van der Waals surface area contributed by atoms with E-state index in [1.54, 1.807) is 7.11 Å². The smallest absolute Gasteiger partial charge is 0.225 e. The molecule has 2 N–H and O–H groups in total. The van der Waals surface area contributed by atoms with E-state index in [1.165, 1.54) is 0 Å². The molecule has 7 heteroatoms. The lowest BCUT2D eigenvalue weighted by Gasteiger charge is -2.35. The second-order valence-corrected chi connectivity index (χ2v) is 5.40. The van der Waals surface area contributed by atoms with Gasteiger partial charge in [0.25, 0.3) is 0 Å². The standard InChI is InChI=1S/C15H20N4O3/c1-22-12-5-4-11-3-2-6-15(21,13(11)9-12)7-8-17-14(20)10-18-19-16/h4-5,9,21H,2-3,6-8,10H2,1H3,(H,17,20). The molecule has 0 aliphatic heterocycles. The summed E-state index contributed by atoms with van der Waals surface area (Å²) < 4.78 is 5.23. The van der Waals surface area contributed by atoms with Gasteiger partial charge in [-0.15, -0.1) is 0 Å². The Morgan fingerprint density at radius 3 is 3.14 bits per heavy atom. The lowest BCUT2D eigenvalue weighted by Crippen LogP contribution is -2.36. The molecule has 0 spiro atoms. The number of benzene rings is 1. The number of carbonyl (C=O) groups is 1. The van der Waals surface area contributed by atoms with Crippen LogP contribution in [0.25, 0.3) is 10.4 Å². The summed E-state index contributed by atoms with van der Waals surface area (Å²) in [5, 5.41) is 16.8. The van der Waals surface area contributed by atoms with Crippen molar-refractivity contribution in [1.82, 2.24) is 5.32 Å². The topological polar surface area (TPSA) is 107 Å². The van der Waals surface area contributed by atoms with Crippen LogP contribution in [0, 0.1) is 0 Å². The van der Waals surface area contributed by atoms with Crippen molar-refractivity contribution in [1.29, 1.82) is 0 Å². The average molecular weight is 304 g/mol. The fourth-order valence-corrected chi connectivity index (χ4v) is 2.86. The number of azide groups is 1. The third-order valence-corrected chi connectivity index (χ3v) is 3.99. The molecule has 22 heavy (non-hydrogen) atoms. The van der Waals surface area contributed by atoms with Crippen LogP contribution in [0.15, 0.2) is 23.3 Å². The number of aryl methyl sites for hydroxylation is 1. The number of methoxy groups -OCH3 is 1. The molecule has 1 aliphatic rings. The lowest BCUT2D eigenvalue weighted by molar-refractivity contribution is -0.119. The molecule has 0 saturated carbocycles. The zero-order chi connectivity index (χ0) is 16.0. The van der Waals surface area contributed by atoms with Gasteiger partial charge in [0, 0.05) is 11.5 Å². The zero-order valence-corrected chi connectivity index (χ0v) is 12.6. The van der Waals surface area contributed by atoms with Gasteiger partial charge in [-0.1, -0.05) is 11.2 Å². The number of nitrogens with one attached hydrogen (secondary N) is 1. The summed E-state index contributed by atoms with van der Waals surface area (Å²) in [4.78, 5) is 14.0. The minimum absolute atomic E-state index is 0.223. The van der Waals surface area contributed by atoms with Gasteiger partial charge in [0.1, 0.15) is 12.3 Å². The van der Waals surface area contributed by atoms with Gasteiger partial charge in [-0.3, -0.25) is 4.79 Å². The normalized spacial score (nSPS) is 19.7.